The smallest absolute Gasteiger partial charge is 0.238 e. The van der Waals surface area contributed by atoms with Gasteiger partial charge in [-0.2, -0.15) is 0 Å². The third kappa shape index (κ3) is 5.60. The second-order valence-corrected chi connectivity index (χ2v) is 10.2. The van der Waals surface area contributed by atoms with Crippen molar-refractivity contribution in [3.8, 4) is 11.5 Å². The van der Waals surface area contributed by atoms with Crippen LogP contribution >= 0.6 is 11.8 Å². The van der Waals surface area contributed by atoms with Crippen molar-refractivity contribution < 1.29 is 22.7 Å². The molecule has 33 heavy (non-hydrogen) atoms. The standard InChI is InChI=1S/C22H26N4O5S2/c1-2-3-10-26-18-9-8-16(33(23,28)29)11-17(18)25-22(26)32-14-21(27)24-12-15-13-30-19-6-4-5-7-20(19)31-15/h4-9,11,15H,2-3,10,12-14H2,1H3,(H,24,27)(H2,23,28,29)/t15-/m1/s1. The Bertz CT molecular complexity index is 1260. The van der Waals surface area contributed by atoms with Gasteiger partial charge >= 0.3 is 0 Å². The number of benzene rings is 2. The largest absolute Gasteiger partial charge is 0.486 e. The first-order chi connectivity index (χ1) is 15.8. The van der Waals surface area contributed by atoms with E-state index in [1.807, 2.05) is 28.8 Å². The highest BCUT2D eigenvalue weighted by atomic mass is 32.2. The van der Waals surface area contributed by atoms with Crippen LogP contribution in [0.5, 0.6) is 11.5 Å². The Morgan fingerprint density at radius 1 is 1.27 bits per heavy atom. The minimum absolute atomic E-state index is 0.0145. The molecule has 0 aliphatic carbocycles. The summed E-state index contributed by atoms with van der Waals surface area (Å²) in [6.07, 6.45) is 1.66. The summed E-state index contributed by atoms with van der Waals surface area (Å²) in [7, 11) is -3.82. The van der Waals surface area contributed by atoms with Gasteiger partial charge in [-0.15, -0.1) is 0 Å². The molecule has 1 aliphatic rings. The molecule has 3 N–H and O–H groups in total. The Balaban J connectivity index is 1.40. The van der Waals surface area contributed by atoms with E-state index in [1.165, 1.54) is 23.9 Å². The van der Waals surface area contributed by atoms with Gasteiger partial charge in [0.2, 0.25) is 15.9 Å². The van der Waals surface area contributed by atoms with Crippen LogP contribution in [0, 0.1) is 0 Å². The van der Waals surface area contributed by atoms with Crippen LogP contribution in [-0.4, -0.2) is 48.9 Å². The van der Waals surface area contributed by atoms with Gasteiger partial charge in [-0.25, -0.2) is 18.5 Å². The van der Waals surface area contributed by atoms with Crippen molar-refractivity contribution in [2.24, 2.45) is 5.14 Å². The Morgan fingerprint density at radius 3 is 2.82 bits per heavy atom. The number of amides is 1. The summed E-state index contributed by atoms with van der Waals surface area (Å²) in [5.41, 5.74) is 1.34. The van der Waals surface area contributed by atoms with E-state index in [0.717, 1.165) is 24.9 Å². The van der Waals surface area contributed by atoms with Gasteiger partial charge in [-0.1, -0.05) is 37.2 Å². The Morgan fingerprint density at radius 2 is 2.06 bits per heavy atom. The minimum Gasteiger partial charge on any atom is -0.486 e. The van der Waals surface area contributed by atoms with Gasteiger partial charge in [-0.3, -0.25) is 4.79 Å². The van der Waals surface area contributed by atoms with Gasteiger partial charge in [0.15, 0.2) is 16.7 Å². The van der Waals surface area contributed by atoms with Crippen molar-refractivity contribution >= 4 is 38.7 Å². The van der Waals surface area contributed by atoms with Crippen LogP contribution < -0.4 is 19.9 Å². The molecule has 0 unspecified atom stereocenters. The first-order valence-corrected chi connectivity index (χ1v) is 13.2. The van der Waals surface area contributed by atoms with Crippen LogP contribution in [0.15, 0.2) is 52.5 Å². The van der Waals surface area contributed by atoms with Gasteiger partial charge < -0.3 is 19.4 Å². The van der Waals surface area contributed by atoms with Gasteiger partial charge in [0.05, 0.1) is 28.2 Å². The molecule has 0 radical (unpaired) electrons. The molecular formula is C22H26N4O5S2. The number of nitrogens with zero attached hydrogens (tertiary/aromatic N) is 2. The third-order valence-electron chi connectivity index (χ3n) is 5.18. The quantitative estimate of drug-likeness (QED) is 0.442. The van der Waals surface area contributed by atoms with Crippen LogP contribution in [0.2, 0.25) is 0 Å². The number of imidazole rings is 1. The summed E-state index contributed by atoms with van der Waals surface area (Å²) in [6, 6.07) is 12.1. The third-order valence-corrected chi connectivity index (χ3v) is 7.06. The normalized spacial score (nSPS) is 15.5. The summed E-state index contributed by atoms with van der Waals surface area (Å²) < 4.78 is 36.9. The lowest BCUT2D eigenvalue weighted by Crippen LogP contribution is -2.41. The lowest BCUT2D eigenvalue weighted by atomic mass is 10.2. The Hall–Kier alpha value is -2.76. The molecule has 9 nitrogen and oxygen atoms in total. The molecule has 0 bridgehead atoms. The number of nitrogens with one attached hydrogen (secondary N) is 1. The number of thioether (sulfide) groups is 1. The molecule has 1 aromatic heterocycles. The van der Waals surface area contributed by atoms with Crippen LogP contribution in [0.25, 0.3) is 11.0 Å². The highest BCUT2D eigenvalue weighted by molar-refractivity contribution is 7.99. The molecule has 2 aromatic carbocycles. The van der Waals surface area contributed by atoms with Crippen molar-refractivity contribution in [3.63, 3.8) is 0 Å². The predicted molar refractivity (Wildman–Crippen MR) is 126 cm³/mol. The van der Waals surface area contributed by atoms with Crippen LogP contribution in [0.4, 0.5) is 0 Å². The lowest BCUT2D eigenvalue weighted by molar-refractivity contribution is -0.119. The fourth-order valence-electron chi connectivity index (χ4n) is 3.48. The maximum absolute atomic E-state index is 12.5. The monoisotopic (exact) mass is 490 g/mol. The van der Waals surface area contributed by atoms with Crippen molar-refractivity contribution in [2.75, 3.05) is 18.9 Å². The first-order valence-electron chi connectivity index (χ1n) is 10.7. The summed E-state index contributed by atoms with van der Waals surface area (Å²) in [6.45, 7) is 3.51. The highest BCUT2D eigenvalue weighted by Gasteiger charge is 2.21. The topological polar surface area (TPSA) is 126 Å². The van der Waals surface area contributed by atoms with Gasteiger partial charge in [0.25, 0.3) is 0 Å². The number of aromatic nitrogens is 2. The zero-order valence-corrected chi connectivity index (χ0v) is 19.8. The summed E-state index contributed by atoms with van der Waals surface area (Å²) >= 11 is 1.31. The number of ether oxygens (including phenoxy) is 2. The van der Waals surface area contributed by atoms with E-state index >= 15 is 0 Å². The Labute approximate surface area is 196 Å². The molecule has 3 aromatic rings. The van der Waals surface area contributed by atoms with E-state index < -0.39 is 10.0 Å². The van der Waals surface area contributed by atoms with Crippen LogP contribution in [0.3, 0.4) is 0 Å². The fourth-order valence-corrected chi connectivity index (χ4v) is 4.88. The second-order valence-electron chi connectivity index (χ2n) is 7.69. The van der Waals surface area contributed by atoms with Gasteiger partial charge in [0.1, 0.15) is 12.7 Å². The zero-order chi connectivity index (χ0) is 23.4. The predicted octanol–water partition coefficient (Wildman–Crippen LogP) is 2.53. The Kier molecular flexibility index (Phi) is 7.11. The molecule has 0 spiro atoms. The number of aryl methyl sites for hydroxylation is 1. The minimum atomic E-state index is -3.82. The second kappa shape index (κ2) is 10.0. The van der Waals surface area contributed by atoms with E-state index in [4.69, 9.17) is 14.6 Å². The number of para-hydroxylation sites is 2. The average Bonchev–Trinajstić information content (AvgIpc) is 3.16. The van der Waals surface area contributed by atoms with Gasteiger partial charge in [0, 0.05) is 6.54 Å². The summed E-state index contributed by atoms with van der Waals surface area (Å²) in [5, 5.41) is 8.79. The van der Waals surface area contributed by atoms with Crippen LogP contribution in [-0.2, 0) is 21.4 Å². The van der Waals surface area contributed by atoms with Crippen molar-refractivity contribution in [1.29, 1.82) is 0 Å². The number of carbonyl (C=O) groups is 1. The number of carbonyl (C=O) groups excluding carboxylic acids is 1. The van der Waals surface area contributed by atoms with E-state index in [2.05, 4.69) is 17.2 Å². The molecule has 176 valence electrons. The molecule has 4 rings (SSSR count). The molecule has 0 saturated carbocycles. The van der Waals surface area contributed by atoms with Gasteiger partial charge in [-0.05, 0) is 36.8 Å². The SMILES string of the molecule is CCCCn1c(SCC(=O)NC[C@@H]2COc3ccccc3O2)nc2cc(S(N)(=O)=O)ccc21. The summed E-state index contributed by atoms with van der Waals surface area (Å²) in [4.78, 5) is 17.1. The van der Waals surface area contributed by atoms with Crippen molar-refractivity contribution in [3.05, 3.63) is 42.5 Å². The average molecular weight is 491 g/mol. The number of unbranched alkanes of at least 4 members (excludes halogenated alkanes) is 1. The maximum atomic E-state index is 12.5. The molecule has 11 heteroatoms. The number of rotatable bonds is 9. The fraction of sp³-hybridized carbons (Fsp3) is 0.364. The van der Waals surface area contributed by atoms with Crippen molar-refractivity contribution in [2.45, 2.75) is 42.5 Å². The summed E-state index contributed by atoms with van der Waals surface area (Å²) in [5.74, 6) is 1.39. The molecule has 1 atom stereocenters. The molecule has 0 fully saturated rings. The zero-order valence-electron chi connectivity index (χ0n) is 18.2. The molecule has 2 heterocycles. The molecule has 1 amide bonds. The van der Waals surface area contributed by atoms with E-state index in [-0.39, 0.29) is 22.7 Å². The van der Waals surface area contributed by atoms with E-state index in [9.17, 15) is 13.2 Å². The number of hydrogen-bond acceptors (Lipinski definition) is 7. The maximum Gasteiger partial charge on any atom is 0.238 e. The number of sulfonamides is 1. The van der Waals surface area contributed by atoms with Crippen LogP contribution in [0.1, 0.15) is 19.8 Å². The lowest BCUT2D eigenvalue weighted by Gasteiger charge is -2.26. The van der Waals surface area contributed by atoms with E-state index in [0.29, 0.717) is 35.3 Å². The highest BCUT2D eigenvalue weighted by Crippen LogP contribution is 2.31. The van der Waals surface area contributed by atoms with Crippen molar-refractivity contribution in [1.82, 2.24) is 14.9 Å². The number of nitrogens with two attached hydrogens (primary N) is 1. The number of hydrogen-bond donors (Lipinski definition) is 2. The number of primary sulfonamides is 1. The van der Waals surface area contributed by atoms with E-state index in [1.54, 1.807) is 6.07 Å². The number of fused-ring (bicyclic) bond motifs is 2. The molecule has 0 saturated heterocycles. The molecule has 1 aliphatic heterocycles. The first kappa shape index (κ1) is 23.4. The molecular weight excluding hydrogens is 464 g/mol.